The van der Waals surface area contributed by atoms with Crippen molar-refractivity contribution in [3.63, 3.8) is 0 Å². The number of rotatable bonds is 3. The van der Waals surface area contributed by atoms with Crippen LogP contribution < -0.4 is 5.73 Å². The highest BCUT2D eigenvalue weighted by Gasteiger charge is 1.89. The molecule has 0 aliphatic heterocycles. The van der Waals surface area contributed by atoms with Gasteiger partial charge >= 0.3 is 0 Å². The second kappa shape index (κ2) is 3.88. The monoisotopic (exact) mass is 168 g/mol. The molecule has 0 saturated heterocycles. The van der Waals surface area contributed by atoms with Gasteiger partial charge in [0.05, 0.1) is 0 Å². The molecule has 4 heteroatoms. The first-order valence-corrected chi connectivity index (χ1v) is 4.01. The van der Waals surface area contributed by atoms with Crippen molar-refractivity contribution >= 4 is 23.3 Å². The third-order valence-electron chi connectivity index (χ3n) is 1.03. The van der Waals surface area contributed by atoms with E-state index in [1.54, 1.807) is 18.3 Å². The van der Waals surface area contributed by atoms with E-state index in [9.17, 15) is 4.79 Å². The first-order chi connectivity index (χ1) is 5.29. The van der Waals surface area contributed by atoms with E-state index in [0.29, 0.717) is 0 Å². The van der Waals surface area contributed by atoms with Crippen LogP contribution in [0.5, 0.6) is 0 Å². The van der Waals surface area contributed by atoms with Gasteiger partial charge in [-0.2, -0.15) is 0 Å². The Balaban J connectivity index is 2.43. The highest BCUT2D eigenvalue weighted by molar-refractivity contribution is 7.10. The van der Waals surface area contributed by atoms with E-state index < -0.39 is 0 Å². The molecular formula is C7H8N2OS. The van der Waals surface area contributed by atoms with E-state index in [1.165, 1.54) is 11.3 Å². The van der Waals surface area contributed by atoms with E-state index in [4.69, 9.17) is 5.73 Å². The van der Waals surface area contributed by atoms with Crippen LogP contribution in [0, 0.1) is 0 Å². The molecule has 0 saturated carbocycles. The molecule has 0 bridgehead atoms. The summed E-state index contributed by atoms with van der Waals surface area (Å²) in [6.07, 6.45) is 5.49. The van der Waals surface area contributed by atoms with Crippen LogP contribution in [0.2, 0.25) is 0 Å². The summed E-state index contributed by atoms with van der Waals surface area (Å²) in [6.45, 7) is 0. The largest absolute Gasteiger partial charge is 0.369 e. The maximum Gasteiger partial charge on any atom is 0.221 e. The van der Waals surface area contributed by atoms with Crippen LogP contribution in [0.4, 0.5) is 0 Å². The lowest BCUT2D eigenvalue weighted by molar-refractivity contribution is -0.117. The molecule has 0 atom stereocenters. The zero-order valence-electron chi connectivity index (χ0n) is 5.86. The average molecular weight is 168 g/mol. The number of carbonyl (C=O) groups excluding carboxylic acids is 1. The van der Waals surface area contributed by atoms with E-state index in [2.05, 4.69) is 4.98 Å². The summed E-state index contributed by atoms with van der Waals surface area (Å²) < 4.78 is 0. The van der Waals surface area contributed by atoms with Gasteiger partial charge < -0.3 is 5.73 Å². The molecule has 2 N–H and O–H groups in total. The van der Waals surface area contributed by atoms with Gasteiger partial charge in [0.25, 0.3) is 0 Å². The Bertz CT molecular complexity index is 253. The summed E-state index contributed by atoms with van der Waals surface area (Å²) in [4.78, 5) is 14.3. The SMILES string of the molecule is NC(=O)CC=Cc1nccs1. The van der Waals surface area contributed by atoms with E-state index in [-0.39, 0.29) is 12.3 Å². The van der Waals surface area contributed by atoms with Crippen LogP contribution in [0.1, 0.15) is 11.4 Å². The topological polar surface area (TPSA) is 56.0 Å². The van der Waals surface area contributed by atoms with E-state index in [0.717, 1.165) is 5.01 Å². The normalized spacial score (nSPS) is 10.5. The Morgan fingerprint density at radius 3 is 3.18 bits per heavy atom. The lowest BCUT2D eigenvalue weighted by Gasteiger charge is -1.82. The number of carbonyl (C=O) groups is 1. The summed E-state index contributed by atoms with van der Waals surface area (Å²) in [6, 6.07) is 0. The van der Waals surface area contributed by atoms with E-state index in [1.807, 2.05) is 5.38 Å². The predicted molar refractivity (Wildman–Crippen MR) is 45.0 cm³/mol. The average Bonchev–Trinajstić information content (AvgIpc) is 2.39. The third-order valence-corrected chi connectivity index (χ3v) is 1.77. The Morgan fingerprint density at radius 1 is 1.82 bits per heavy atom. The minimum Gasteiger partial charge on any atom is -0.369 e. The Labute approximate surface area is 68.6 Å². The first kappa shape index (κ1) is 7.94. The summed E-state index contributed by atoms with van der Waals surface area (Å²) in [5.41, 5.74) is 4.92. The van der Waals surface area contributed by atoms with Crippen molar-refractivity contribution in [1.82, 2.24) is 4.98 Å². The zero-order chi connectivity index (χ0) is 8.10. The number of nitrogens with zero attached hydrogens (tertiary/aromatic N) is 1. The van der Waals surface area contributed by atoms with Crippen LogP contribution in [0.3, 0.4) is 0 Å². The number of aromatic nitrogens is 1. The fourth-order valence-electron chi connectivity index (χ4n) is 0.593. The van der Waals surface area contributed by atoms with Crippen molar-refractivity contribution in [2.24, 2.45) is 5.73 Å². The fraction of sp³-hybridized carbons (Fsp3) is 0.143. The summed E-state index contributed by atoms with van der Waals surface area (Å²) >= 11 is 1.52. The number of amides is 1. The molecule has 0 radical (unpaired) electrons. The summed E-state index contributed by atoms with van der Waals surface area (Å²) in [5, 5.41) is 2.77. The maximum atomic E-state index is 10.3. The fourth-order valence-corrected chi connectivity index (χ4v) is 1.15. The van der Waals surface area contributed by atoms with Gasteiger partial charge in [-0.3, -0.25) is 4.79 Å². The number of thiazole rings is 1. The molecule has 1 rings (SSSR count). The molecule has 0 aromatic carbocycles. The van der Waals surface area contributed by atoms with Gasteiger partial charge in [0.1, 0.15) is 5.01 Å². The first-order valence-electron chi connectivity index (χ1n) is 3.13. The molecule has 0 spiro atoms. The van der Waals surface area contributed by atoms with Gasteiger partial charge in [-0.1, -0.05) is 6.08 Å². The third kappa shape index (κ3) is 2.95. The van der Waals surface area contributed by atoms with Crippen molar-refractivity contribution in [2.75, 3.05) is 0 Å². The molecule has 0 fully saturated rings. The number of hydrogen-bond acceptors (Lipinski definition) is 3. The molecule has 3 nitrogen and oxygen atoms in total. The van der Waals surface area contributed by atoms with Crippen LogP contribution in [-0.4, -0.2) is 10.9 Å². The molecule has 1 aromatic heterocycles. The Kier molecular flexibility index (Phi) is 2.80. The lowest BCUT2D eigenvalue weighted by atomic mass is 10.4. The molecule has 0 aliphatic carbocycles. The van der Waals surface area contributed by atoms with Crippen LogP contribution in [0.25, 0.3) is 6.08 Å². The van der Waals surface area contributed by atoms with Gasteiger partial charge in [-0.25, -0.2) is 4.98 Å². The quantitative estimate of drug-likeness (QED) is 0.732. The van der Waals surface area contributed by atoms with Crippen molar-refractivity contribution in [3.8, 4) is 0 Å². The zero-order valence-corrected chi connectivity index (χ0v) is 6.67. The van der Waals surface area contributed by atoms with E-state index >= 15 is 0 Å². The van der Waals surface area contributed by atoms with Crippen LogP contribution >= 0.6 is 11.3 Å². The molecular weight excluding hydrogens is 160 g/mol. The molecule has 1 aromatic rings. The summed E-state index contributed by atoms with van der Waals surface area (Å²) in [7, 11) is 0. The Morgan fingerprint density at radius 2 is 2.64 bits per heavy atom. The molecule has 1 amide bonds. The number of hydrogen-bond donors (Lipinski definition) is 1. The van der Waals surface area contributed by atoms with Crippen molar-refractivity contribution in [2.45, 2.75) is 6.42 Å². The van der Waals surface area contributed by atoms with Crippen LogP contribution in [-0.2, 0) is 4.79 Å². The second-order valence-corrected chi connectivity index (χ2v) is 2.87. The van der Waals surface area contributed by atoms with Crippen LogP contribution in [0.15, 0.2) is 17.7 Å². The second-order valence-electron chi connectivity index (χ2n) is 1.94. The predicted octanol–water partition coefficient (Wildman–Crippen LogP) is 1.03. The van der Waals surface area contributed by atoms with Gasteiger partial charge in [-0.15, -0.1) is 11.3 Å². The molecule has 0 unspecified atom stereocenters. The smallest absolute Gasteiger partial charge is 0.221 e. The maximum absolute atomic E-state index is 10.3. The molecule has 58 valence electrons. The van der Waals surface area contributed by atoms with Gasteiger partial charge in [0, 0.05) is 18.0 Å². The number of primary amides is 1. The molecule has 0 aliphatic rings. The van der Waals surface area contributed by atoms with Gasteiger partial charge in [-0.05, 0) is 6.08 Å². The summed E-state index contributed by atoms with van der Waals surface area (Å²) in [5.74, 6) is -0.321. The van der Waals surface area contributed by atoms with Gasteiger partial charge in [0.15, 0.2) is 0 Å². The van der Waals surface area contributed by atoms with Crippen molar-refractivity contribution < 1.29 is 4.79 Å². The highest BCUT2D eigenvalue weighted by Crippen LogP contribution is 2.05. The Hall–Kier alpha value is -1.16. The minimum absolute atomic E-state index is 0.277. The van der Waals surface area contributed by atoms with Crippen molar-refractivity contribution in [3.05, 3.63) is 22.7 Å². The molecule has 11 heavy (non-hydrogen) atoms. The van der Waals surface area contributed by atoms with Crippen molar-refractivity contribution in [1.29, 1.82) is 0 Å². The lowest BCUT2D eigenvalue weighted by Crippen LogP contribution is -2.07. The standard InChI is InChI=1S/C7H8N2OS/c8-6(10)2-1-3-7-9-4-5-11-7/h1,3-5H,2H2,(H2,8,10). The minimum atomic E-state index is -0.321. The highest BCUT2D eigenvalue weighted by atomic mass is 32.1. The molecule has 1 heterocycles. The number of nitrogens with two attached hydrogens (primary N) is 1. The van der Waals surface area contributed by atoms with Gasteiger partial charge in [0.2, 0.25) is 5.91 Å².